The van der Waals surface area contributed by atoms with Crippen LogP contribution >= 0.6 is 11.3 Å². The molecule has 0 spiro atoms. The molecule has 2 aromatic rings. The summed E-state index contributed by atoms with van der Waals surface area (Å²) in [5, 5.41) is 3.84. The number of hydrogen-bond acceptors (Lipinski definition) is 5. The number of carbonyl (C=O) groups excluding carboxylic acids is 1. The van der Waals surface area contributed by atoms with Gasteiger partial charge in [0.15, 0.2) is 0 Å². The summed E-state index contributed by atoms with van der Waals surface area (Å²) in [5.74, 6) is 1.97. The van der Waals surface area contributed by atoms with Gasteiger partial charge < -0.3 is 19.7 Å². The Morgan fingerprint density at radius 3 is 2.53 bits per heavy atom. The van der Waals surface area contributed by atoms with Crippen LogP contribution in [-0.4, -0.2) is 50.3 Å². The number of carbonyl (C=O) groups is 1. The number of rotatable bonds is 7. The second-order valence-corrected chi connectivity index (χ2v) is 8.50. The number of benzene rings is 1. The molecule has 0 atom stereocenters. The summed E-state index contributed by atoms with van der Waals surface area (Å²) in [5.41, 5.74) is 2.02. The third-order valence-corrected chi connectivity index (χ3v) is 6.64. The molecular weight excluding hydrogens is 422 g/mol. The van der Waals surface area contributed by atoms with Crippen molar-refractivity contribution in [2.45, 2.75) is 25.7 Å². The maximum Gasteiger partial charge on any atom is 0.317 e. The molecule has 1 fully saturated rings. The van der Waals surface area contributed by atoms with Crippen molar-refractivity contribution >= 4 is 23.4 Å². The molecular formula is C25H31N3O3S. The number of methoxy groups -OCH3 is 2. The SMILES string of the molecule is C\C=C/C(=C\C=C\c1sc(C2CCN(C(=O)NC)CC2)nc1-c1ccc(OC)cc1)OC. The first-order valence-corrected chi connectivity index (χ1v) is 11.6. The minimum Gasteiger partial charge on any atom is -0.497 e. The van der Waals surface area contributed by atoms with Gasteiger partial charge in [-0.05, 0) is 62.3 Å². The van der Waals surface area contributed by atoms with Crippen LogP contribution < -0.4 is 10.1 Å². The Labute approximate surface area is 194 Å². The van der Waals surface area contributed by atoms with Crippen molar-refractivity contribution in [1.82, 2.24) is 15.2 Å². The number of piperidine rings is 1. The van der Waals surface area contributed by atoms with Gasteiger partial charge in [0.25, 0.3) is 0 Å². The Kier molecular flexibility index (Phi) is 8.50. The molecule has 0 bridgehead atoms. The van der Waals surface area contributed by atoms with Crippen molar-refractivity contribution in [3.8, 4) is 17.0 Å². The summed E-state index contributed by atoms with van der Waals surface area (Å²) in [7, 11) is 5.01. The van der Waals surface area contributed by atoms with E-state index in [9.17, 15) is 4.79 Å². The highest BCUT2D eigenvalue weighted by molar-refractivity contribution is 7.13. The van der Waals surface area contributed by atoms with Crippen molar-refractivity contribution < 1.29 is 14.3 Å². The van der Waals surface area contributed by atoms with Crippen molar-refractivity contribution in [2.24, 2.45) is 0 Å². The Morgan fingerprint density at radius 1 is 1.22 bits per heavy atom. The van der Waals surface area contributed by atoms with E-state index < -0.39 is 0 Å². The van der Waals surface area contributed by atoms with Crippen LogP contribution in [0.1, 0.15) is 35.6 Å². The zero-order valence-corrected chi connectivity index (χ0v) is 19.9. The number of ether oxygens (including phenoxy) is 2. The van der Waals surface area contributed by atoms with Gasteiger partial charge in [-0.2, -0.15) is 0 Å². The van der Waals surface area contributed by atoms with Gasteiger partial charge in [0.05, 0.1) is 29.8 Å². The average Bonchev–Trinajstić information content (AvgIpc) is 3.27. The maximum absolute atomic E-state index is 11.9. The zero-order chi connectivity index (χ0) is 22.9. The number of likely N-dealkylation sites (tertiary alicyclic amines) is 1. The summed E-state index contributed by atoms with van der Waals surface area (Å²) in [4.78, 5) is 19.9. The average molecular weight is 454 g/mol. The molecule has 1 saturated heterocycles. The molecule has 1 aliphatic rings. The predicted molar refractivity (Wildman–Crippen MR) is 131 cm³/mol. The summed E-state index contributed by atoms with van der Waals surface area (Å²) in [6, 6.07) is 7.99. The van der Waals surface area contributed by atoms with Crippen LogP contribution in [0.3, 0.4) is 0 Å². The molecule has 2 heterocycles. The van der Waals surface area contributed by atoms with Gasteiger partial charge >= 0.3 is 6.03 Å². The Morgan fingerprint density at radius 2 is 1.94 bits per heavy atom. The van der Waals surface area contributed by atoms with Gasteiger partial charge in [-0.1, -0.05) is 12.2 Å². The summed E-state index contributed by atoms with van der Waals surface area (Å²) in [6.45, 7) is 3.45. The van der Waals surface area contributed by atoms with Crippen LogP contribution in [0, 0.1) is 0 Å². The summed E-state index contributed by atoms with van der Waals surface area (Å²) < 4.78 is 10.7. The van der Waals surface area contributed by atoms with E-state index in [1.54, 1.807) is 32.6 Å². The second kappa shape index (κ2) is 11.5. The Hall–Kier alpha value is -3.06. The number of urea groups is 1. The molecule has 170 valence electrons. The third-order valence-electron chi connectivity index (χ3n) is 5.45. The van der Waals surface area contributed by atoms with Crippen LogP contribution in [0.15, 0.2) is 54.3 Å². The standard InChI is InChI=1S/C25H31N3O3S/c1-5-7-20(30-3)8-6-9-22-23(18-10-12-21(31-4)13-11-18)27-24(32-22)19-14-16-28(17-15-19)25(29)26-2/h5-13,19H,14-17H2,1-4H3,(H,26,29)/b7-5-,9-6+,20-8+. The first-order valence-electron chi connectivity index (χ1n) is 10.8. The fourth-order valence-corrected chi connectivity index (χ4v) is 4.84. The first-order chi connectivity index (χ1) is 15.6. The molecule has 2 amide bonds. The fourth-order valence-electron chi connectivity index (χ4n) is 3.67. The minimum atomic E-state index is -0.00741. The number of nitrogens with zero attached hydrogens (tertiary/aromatic N) is 2. The van der Waals surface area contributed by atoms with Gasteiger partial charge in [0.2, 0.25) is 0 Å². The van der Waals surface area contributed by atoms with E-state index in [0.29, 0.717) is 5.92 Å². The number of allylic oxidation sites excluding steroid dienone is 4. The topological polar surface area (TPSA) is 63.7 Å². The molecule has 7 heteroatoms. The monoisotopic (exact) mass is 453 g/mol. The quantitative estimate of drug-likeness (QED) is 0.447. The molecule has 1 aromatic carbocycles. The lowest BCUT2D eigenvalue weighted by Gasteiger charge is -2.30. The third kappa shape index (κ3) is 5.79. The molecule has 3 rings (SSSR count). The van der Waals surface area contributed by atoms with Gasteiger partial charge in [0, 0.05) is 31.6 Å². The first kappa shape index (κ1) is 23.6. The van der Waals surface area contributed by atoms with Gasteiger partial charge in [0.1, 0.15) is 11.5 Å². The number of thiazole rings is 1. The predicted octanol–water partition coefficient (Wildman–Crippen LogP) is 5.46. The highest BCUT2D eigenvalue weighted by Crippen LogP contribution is 2.37. The largest absolute Gasteiger partial charge is 0.497 e. The molecule has 6 nitrogen and oxygen atoms in total. The Balaban J connectivity index is 1.88. The summed E-state index contributed by atoms with van der Waals surface area (Å²) in [6.07, 6.45) is 11.7. The van der Waals surface area contributed by atoms with Crippen molar-refractivity contribution in [1.29, 1.82) is 0 Å². The van der Waals surface area contributed by atoms with Crippen molar-refractivity contribution in [3.05, 3.63) is 64.2 Å². The van der Waals surface area contributed by atoms with Crippen LogP contribution in [0.5, 0.6) is 5.75 Å². The van der Waals surface area contributed by atoms with Crippen molar-refractivity contribution in [2.75, 3.05) is 34.4 Å². The molecule has 32 heavy (non-hydrogen) atoms. The van der Waals surface area contributed by atoms with E-state index in [-0.39, 0.29) is 6.03 Å². The van der Waals surface area contributed by atoms with Crippen LogP contribution in [0.4, 0.5) is 4.79 Å². The van der Waals surface area contributed by atoms with Gasteiger partial charge in [-0.15, -0.1) is 11.3 Å². The van der Waals surface area contributed by atoms with Crippen molar-refractivity contribution in [3.63, 3.8) is 0 Å². The van der Waals surface area contributed by atoms with Gasteiger partial charge in [-0.3, -0.25) is 0 Å². The highest BCUT2D eigenvalue weighted by atomic mass is 32.1. The summed E-state index contributed by atoms with van der Waals surface area (Å²) >= 11 is 1.72. The van der Waals surface area contributed by atoms with E-state index in [4.69, 9.17) is 14.5 Å². The lowest BCUT2D eigenvalue weighted by molar-refractivity contribution is 0.183. The van der Waals surface area contributed by atoms with E-state index in [0.717, 1.165) is 58.6 Å². The molecule has 1 aliphatic heterocycles. The lowest BCUT2D eigenvalue weighted by atomic mass is 9.98. The fraction of sp³-hybridized carbons (Fsp3) is 0.360. The van der Waals surface area contributed by atoms with E-state index in [1.165, 1.54) is 0 Å². The number of nitrogens with one attached hydrogen (secondary N) is 1. The zero-order valence-electron chi connectivity index (χ0n) is 19.1. The van der Waals surface area contributed by atoms with Crippen LogP contribution in [0.25, 0.3) is 17.3 Å². The molecule has 1 N–H and O–H groups in total. The van der Waals surface area contributed by atoms with E-state index in [1.807, 2.05) is 60.4 Å². The molecule has 0 saturated carbocycles. The minimum absolute atomic E-state index is 0.00741. The second-order valence-electron chi connectivity index (χ2n) is 7.44. The van der Waals surface area contributed by atoms with Crippen LogP contribution in [0.2, 0.25) is 0 Å². The number of hydrogen-bond donors (Lipinski definition) is 1. The lowest BCUT2D eigenvalue weighted by Crippen LogP contribution is -2.42. The number of amides is 2. The molecule has 0 radical (unpaired) electrons. The van der Waals surface area contributed by atoms with Gasteiger partial charge in [-0.25, -0.2) is 9.78 Å². The molecule has 0 unspecified atom stereocenters. The van der Waals surface area contributed by atoms with E-state index >= 15 is 0 Å². The van der Waals surface area contributed by atoms with Crippen LogP contribution in [-0.2, 0) is 4.74 Å². The number of aromatic nitrogens is 1. The smallest absolute Gasteiger partial charge is 0.317 e. The molecule has 0 aliphatic carbocycles. The highest BCUT2D eigenvalue weighted by Gasteiger charge is 2.26. The maximum atomic E-state index is 11.9. The molecule has 1 aromatic heterocycles. The Bertz CT molecular complexity index is 984. The van der Waals surface area contributed by atoms with E-state index in [2.05, 4.69) is 11.4 Å². The normalized spacial score (nSPS) is 15.5.